The van der Waals surface area contributed by atoms with Crippen LogP contribution in [0.5, 0.6) is 0 Å². The Morgan fingerprint density at radius 3 is 2.92 bits per heavy atom. The standard InChI is InChI=1S/C18H15ClFN3OS/c19-14-4-2-1-3-13(14)18(20,23-8-7-21-10-17(23)24)12-5-6-15-16(9-12)25-11-22-15/h1-6,9,11,21H,7-8,10H2. The van der Waals surface area contributed by atoms with Gasteiger partial charge in [-0.1, -0.05) is 35.9 Å². The predicted octanol–water partition coefficient (Wildman–Crippen LogP) is 3.55. The Bertz CT molecular complexity index is 947. The number of nitrogens with one attached hydrogen (secondary N) is 1. The summed E-state index contributed by atoms with van der Waals surface area (Å²) in [6.07, 6.45) is 0. The van der Waals surface area contributed by atoms with E-state index in [1.165, 1.54) is 16.2 Å². The number of hydrogen-bond donors (Lipinski definition) is 1. The van der Waals surface area contributed by atoms with Crippen LogP contribution in [-0.4, -0.2) is 35.4 Å². The molecule has 0 aliphatic carbocycles. The summed E-state index contributed by atoms with van der Waals surface area (Å²) < 4.78 is 17.5. The maximum absolute atomic E-state index is 16.7. The number of hydrogen-bond acceptors (Lipinski definition) is 4. The fourth-order valence-corrected chi connectivity index (χ4v) is 4.16. The number of alkyl halides is 1. The second-order valence-corrected chi connectivity index (χ2v) is 7.15. The number of nitrogens with zero attached hydrogens (tertiary/aromatic N) is 2. The van der Waals surface area contributed by atoms with Crippen LogP contribution < -0.4 is 5.32 Å². The number of piperazine rings is 1. The van der Waals surface area contributed by atoms with Gasteiger partial charge >= 0.3 is 0 Å². The molecule has 1 aromatic heterocycles. The van der Waals surface area contributed by atoms with Gasteiger partial charge < -0.3 is 10.2 Å². The smallest absolute Gasteiger partial charge is 0.239 e. The number of halogens is 2. The average Bonchev–Trinajstić information content (AvgIpc) is 3.09. The summed E-state index contributed by atoms with van der Waals surface area (Å²) >= 11 is 7.76. The molecular formula is C18H15ClFN3OS. The third kappa shape index (κ3) is 2.70. The van der Waals surface area contributed by atoms with Crippen molar-refractivity contribution in [2.45, 2.75) is 5.79 Å². The summed E-state index contributed by atoms with van der Waals surface area (Å²) in [5.41, 5.74) is 3.19. The monoisotopic (exact) mass is 375 g/mol. The molecule has 1 amide bonds. The molecule has 25 heavy (non-hydrogen) atoms. The molecule has 128 valence electrons. The van der Waals surface area contributed by atoms with Crippen molar-refractivity contribution in [3.8, 4) is 0 Å². The molecule has 0 saturated carbocycles. The molecule has 1 unspecified atom stereocenters. The number of thiazole rings is 1. The van der Waals surface area contributed by atoms with Crippen molar-refractivity contribution in [2.24, 2.45) is 0 Å². The van der Waals surface area contributed by atoms with E-state index in [-0.39, 0.29) is 24.6 Å². The van der Waals surface area contributed by atoms with E-state index in [0.717, 1.165) is 10.2 Å². The molecule has 1 N–H and O–H groups in total. The number of fused-ring (bicyclic) bond motifs is 1. The molecule has 7 heteroatoms. The molecule has 4 rings (SSSR count). The van der Waals surface area contributed by atoms with Crippen LogP contribution in [0.15, 0.2) is 48.0 Å². The zero-order valence-electron chi connectivity index (χ0n) is 13.2. The van der Waals surface area contributed by atoms with Gasteiger partial charge in [-0.3, -0.25) is 4.79 Å². The lowest BCUT2D eigenvalue weighted by atomic mass is 9.93. The van der Waals surface area contributed by atoms with Gasteiger partial charge in [-0.05, 0) is 18.2 Å². The van der Waals surface area contributed by atoms with Crippen molar-refractivity contribution >= 4 is 39.1 Å². The van der Waals surface area contributed by atoms with Crippen molar-refractivity contribution in [1.82, 2.24) is 15.2 Å². The van der Waals surface area contributed by atoms with Crippen LogP contribution >= 0.6 is 22.9 Å². The van der Waals surface area contributed by atoms with Crippen LogP contribution in [0, 0.1) is 0 Å². The van der Waals surface area contributed by atoms with Crippen molar-refractivity contribution in [1.29, 1.82) is 0 Å². The van der Waals surface area contributed by atoms with Crippen LogP contribution in [0.3, 0.4) is 0 Å². The van der Waals surface area contributed by atoms with Gasteiger partial charge in [0.1, 0.15) is 0 Å². The van der Waals surface area contributed by atoms with E-state index in [9.17, 15) is 4.79 Å². The highest BCUT2D eigenvalue weighted by Gasteiger charge is 2.45. The SMILES string of the molecule is O=C1CNCCN1C(F)(c1ccc2ncsc2c1)c1ccccc1Cl. The molecule has 2 heterocycles. The quantitative estimate of drug-likeness (QED) is 0.712. The van der Waals surface area contributed by atoms with Gasteiger partial charge in [-0.2, -0.15) is 0 Å². The minimum atomic E-state index is -2.13. The Labute approximate surface area is 153 Å². The molecule has 1 atom stereocenters. The first-order valence-electron chi connectivity index (χ1n) is 7.89. The lowest BCUT2D eigenvalue weighted by Gasteiger charge is -2.41. The summed E-state index contributed by atoms with van der Waals surface area (Å²) in [5, 5.41) is 3.27. The third-order valence-corrected chi connectivity index (χ3v) is 5.53. The van der Waals surface area contributed by atoms with E-state index in [1.807, 2.05) is 0 Å². The summed E-state index contributed by atoms with van der Waals surface area (Å²) in [7, 11) is 0. The molecule has 0 bridgehead atoms. The van der Waals surface area contributed by atoms with Gasteiger partial charge in [0.25, 0.3) is 0 Å². The lowest BCUT2D eigenvalue weighted by molar-refractivity contribution is -0.145. The van der Waals surface area contributed by atoms with Crippen molar-refractivity contribution < 1.29 is 9.18 Å². The molecule has 0 radical (unpaired) electrons. The highest BCUT2D eigenvalue weighted by atomic mass is 35.5. The Kier molecular flexibility index (Phi) is 4.19. The van der Waals surface area contributed by atoms with Crippen LogP contribution in [0.25, 0.3) is 10.2 Å². The third-order valence-electron chi connectivity index (χ3n) is 4.41. The van der Waals surface area contributed by atoms with Crippen LogP contribution in [-0.2, 0) is 10.6 Å². The molecule has 1 aliphatic rings. The Morgan fingerprint density at radius 2 is 2.12 bits per heavy atom. The van der Waals surface area contributed by atoms with Gasteiger partial charge in [-0.25, -0.2) is 9.37 Å². The van der Waals surface area contributed by atoms with Crippen LogP contribution in [0.4, 0.5) is 4.39 Å². The van der Waals surface area contributed by atoms with Gasteiger partial charge in [0.2, 0.25) is 11.7 Å². The molecule has 3 aromatic rings. The Balaban J connectivity index is 1.94. The van der Waals surface area contributed by atoms with E-state index in [4.69, 9.17) is 11.6 Å². The maximum Gasteiger partial charge on any atom is 0.239 e. The molecule has 1 aliphatic heterocycles. The first-order chi connectivity index (χ1) is 12.1. The molecular weight excluding hydrogens is 361 g/mol. The average molecular weight is 376 g/mol. The minimum Gasteiger partial charge on any atom is -0.307 e. The molecule has 1 saturated heterocycles. The largest absolute Gasteiger partial charge is 0.307 e. The number of benzene rings is 2. The van der Waals surface area contributed by atoms with Crippen molar-refractivity contribution in [3.63, 3.8) is 0 Å². The number of amides is 1. The Morgan fingerprint density at radius 1 is 1.28 bits per heavy atom. The van der Waals surface area contributed by atoms with Crippen LogP contribution in [0.2, 0.25) is 5.02 Å². The molecule has 4 nitrogen and oxygen atoms in total. The van der Waals surface area contributed by atoms with Gasteiger partial charge in [0, 0.05) is 29.2 Å². The van der Waals surface area contributed by atoms with E-state index < -0.39 is 5.79 Å². The topological polar surface area (TPSA) is 45.2 Å². The predicted molar refractivity (Wildman–Crippen MR) is 97.5 cm³/mol. The number of carbonyl (C=O) groups is 1. The number of rotatable bonds is 3. The minimum absolute atomic E-state index is 0.110. The molecule has 1 fully saturated rings. The highest BCUT2D eigenvalue weighted by molar-refractivity contribution is 7.16. The second kappa shape index (κ2) is 6.37. The Hall–Kier alpha value is -2.02. The molecule has 2 aromatic carbocycles. The normalized spacial score (nSPS) is 17.7. The first kappa shape index (κ1) is 16.4. The molecule has 0 spiro atoms. The number of carbonyl (C=O) groups excluding carboxylic acids is 1. The van der Waals surface area contributed by atoms with Gasteiger partial charge in [0.05, 0.1) is 22.3 Å². The summed E-state index contributed by atoms with van der Waals surface area (Å²) in [5.74, 6) is -2.42. The summed E-state index contributed by atoms with van der Waals surface area (Å²) in [6, 6.07) is 12.0. The van der Waals surface area contributed by atoms with Crippen molar-refractivity contribution in [3.05, 3.63) is 64.1 Å². The van der Waals surface area contributed by atoms with E-state index in [1.54, 1.807) is 48.0 Å². The van der Waals surface area contributed by atoms with E-state index >= 15 is 4.39 Å². The van der Waals surface area contributed by atoms with Gasteiger partial charge in [-0.15, -0.1) is 11.3 Å². The zero-order chi connectivity index (χ0) is 17.4. The highest BCUT2D eigenvalue weighted by Crippen LogP contribution is 2.42. The zero-order valence-corrected chi connectivity index (χ0v) is 14.8. The fourth-order valence-electron chi connectivity index (χ4n) is 3.18. The van der Waals surface area contributed by atoms with Crippen molar-refractivity contribution in [2.75, 3.05) is 19.6 Å². The second-order valence-electron chi connectivity index (χ2n) is 5.86. The van der Waals surface area contributed by atoms with Crippen LogP contribution in [0.1, 0.15) is 11.1 Å². The number of aromatic nitrogens is 1. The fraction of sp³-hybridized carbons (Fsp3) is 0.222. The van der Waals surface area contributed by atoms with E-state index in [2.05, 4.69) is 10.3 Å². The maximum atomic E-state index is 16.7. The lowest BCUT2D eigenvalue weighted by Crippen LogP contribution is -2.56. The first-order valence-corrected chi connectivity index (χ1v) is 9.15. The summed E-state index contributed by atoms with van der Waals surface area (Å²) in [6.45, 7) is 0.908. The summed E-state index contributed by atoms with van der Waals surface area (Å²) in [4.78, 5) is 18.0. The van der Waals surface area contributed by atoms with Gasteiger partial charge in [0.15, 0.2) is 0 Å². The van der Waals surface area contributed by atoms with E-state index in [0.29, 0.717) is 17.1 Å².